The van der Waals surface area contributed by atoms with E-state index in [1.165, 1.54) is 0 Å². The Kier molecular flexibility index (Phi) is 10.4. The highest BCUT2D eigenvalue weighted by Gasteiger charge is 2.36. The smallest absolute Gasteiger partial charge is 0.251 e. The molecule has 8 N–H and O–H groups in total. The minimum Gasteiger partial charge on any atom is -0.394 e. The minimum absolute atomic E-state index is 0.000523. The van der Waals surface area contributed by atoms with Crippen molar-refractivity contribution >= 4 is 5.91 Å². The predicted molar refractivity (Wildman–Crippen MR) is 68.0 cm³/mol. The van der Waals surface area contributed by atoms with Crippen LogP contribution in [0, 0.1) is 0 Å². The van der Waals surface area contributed by atoms with Gasteiger partial charge in [0.05, 0.1) is 26.4 Å². The van der Waals surface area contributed by atoms with Crippen molar-refractivity contribution in [2.45, 2.75) is 30.5 Å². The van der Waals surface area contributed by atoms with Crippen molar-refractivity contribution in [3.05, 3.63) is 0 Å². The van der Waals surface area contributed by atoms with E-state index in [1.54, 1.807) is 0 Å². The molecule has 0 saturated heterocycles. The average molecular weight is 313 g/mol. The number of aliphatic hydroxyl groups is 7. The summed E-state index contributed by atoms with van der Waals surface area (Å²) in [5, 5.41) is 66.2. The summed E-state index contributed by atoms with van der Waals surface area (Å²) in [4.78, 5) is 11.5. The highest BCUT2D eigenvalue weighted by molar-refractivity contribution is 5.81. The molecule has 0 spiro atoms. The number of hydrogen-bond acceptors (Lipinski definition) is 9. The molecule has 21 heavy (non-hydrogen) atoms. The third-order valence-corrected chi connectivity index (χ3v) is 2.65. The second kappa shape index (κ2) is 10.8. The highest BCUT2D eigenvalue weighted by atomic mass is 16.5. The number of aliphatic hydroxyl groups excluding tert-OH is 7. The van der Waals surface area contributed by atoms with Gasteiger partial charge in [-0.2, -0.15) is 0 Å². The zero-order valence-corrected chi connectivity index (χ0v) is 11.4. The SMILES string of the molecule is O=C(NCCOCCO)[C@H](O)[C@H](O)[C@H](O)[C@@H](O)[C@H](O)CO. The van der Waals surface area contributed by atoms with Gasteiger partial charge >= 0.3 is 0 Å². The minimum atomic E-state index is -2.06. The number of carbonyl (C=O) groups is 1. The lowest BCUT2D eigenvalue weighted by atomic mass is 9.99. The maximum absolute atomic E-state index is 11.5. The maximum Gasteiger partial charge on any atom is 0.251 e. The zero-order chi connectivity index (χ0) is 16.4. The van der Waals surface area contributed by atoms with Crippen molar-refractivity contribution in [3.63, 3.8) is 0 Å². The molecule has 0 aliphatic heterocycles. The molecule has 0 aliphatic carbocycles. The van der Waals surface area contributed by atoms with Gasteiger partial charge < -0.3 is 45.8 Å². The fourth-order valence-electron chi connectivity index (χ4n) is 1.40. The summed E-state index contributed by atoms with van der Waals surface area (Å²) < 4.78 is 4.85. The first-order valence-corrected chi connectivity index (χ1v) is 6.34. The van der Waals surface area contributed by atoms with Gasteiger partial charge in [0.15, 0.2) is 6.10 Å². The van der Waals surface area contributed by atoms with E-state index < -0.39 is 43.0 Å². The zero-order valence-electron chi connectivity index (χ0n) is 11.4. The molecule has 10 heteroatoms. The van der Waals surface area contributed by atoms with Crippen LogP contribution in [0.3, 0.4) is 0 Å². The first kappa shape index (κ1) is 20.1. The van der Waals surface area contributed by atoms with Crippen LogP contribution in [-0.2, 0) is 9.53 Å². The molecule has 1 amide bonds. The van der Waals surface area contributed by atoms with Crippen LogP contribution < -0.4 is 5.32 Å². The summed E-state index contributed by atoms with van der Waals surface area (Å²) in [6.07, 6.45) is -9.78. The van der Waals surface area contributed by atoms with Crippen LogP contribution in [0.15, 0.2) is 0 Å². The fraction of sp³-hybridized carbons (Fsp3) is 0.909. The number of carbonyl (C=O) groups excluding carboxylic acids is 1. The Balaban J connectivity index is 4.22. The van der Waals surface area contributed by atoms with E-state index in [-0.39, 0.29) is 26.4 Å². The van der Waals surface area contributed by atoms with Crippen molar-refractivity contribution in [1.29, 1.82) is 0 Å². The maximum atomic E-state index is 11.5. The topological polar surface area (TPSA) is 180 Å². The quantitative estimate of drug-likeness (QED) is 0.173. The van der Waals surface area contributed by atoms with Crippen molar-refractivity contribution < 1.29 is 45.3 Å². The molecular weight excluding hydrogens is 290 g/mol. The molecule has 0 radical (unpaired) electrons. The van der Waals surface area contributed by atoms with Gasteiger partial charge in [-0.15, -0.1) is 0 Å². The Bertz CT molecular complexity index is 291. The monoisotopic (exact) mass is 313 g/mol. The van der Waals surface area contributed by atoms with Gasteiger partial charge in [0.1, 0.15) is 24.4 Å². The van der Waals surface area contributed by atoms with E-state index in [2.05, 4.69) is 5.32 Å². The van der Waals surface area contributed by atoms with Crippen molar-refractivity contribution in [3.8, 4) is 0 Å². The summed E-state index contributed by atoms with van der Waals surface area (Å²) in [7, 11) is 0. The summed E-state index contributed by atoms with van der Waals surface area (Å²) >= 11 is 0. The third kappa shape index (κ3) is 7.11. The molecule has 0 saturated carbocycles. The van der Waals surface area contributed by atoms with Crippen molar-refractivity contribution in [2.75, 3.05) is 33.0 Å². The fourth-order valence-corrected chi connectivity index (χ4v) is 1.40. The van der Waals surface area contributed by atoms with Crippen LogP contribution >= 0.6 is 0 Å². The lowest BCUT2D eigenvalue weighted by Crippen LogP contribution is -2.54. The standard InChI is InChI=1S/C11H23NO9/c13-2-4-21-3-1-12-11(20)10(19)9(18)8(17)7(16)6(15)5-14/h6-10,13-19H,1-5H2,(H,12,20)/t6-,7+,8-,9-,10-/m1/s1. The molecule has 0 aromatic rings. The summed E-state index contributed by atoms with van der Waals surface area (Å²) in [6.45, 7) is -0.878. The number of nitrogens with one attached hydrogen (secondary N) is 1. The van der Waals surface area contributed by atoms with Crippen LogP contribution in [0.25, 0.3) is 0 Å². The molecule has 126 valence electrons. The summed E-state index contributed by atoms with van der Waals surface area (Å²) in [5.74, 6) is -1.01. The van der Waals surface area contributed by atoms with Gasteiger partial charge in [-0.25, -0.2) is 0 Å². The Morgan fingerprint density at radius 1 is 0.952 bits per heavy atom. The lowest BCUT2D eigenvalue weighted by molar-refractivity contribution is -0.157. The molecule has 0 heterocycles. The molecule has 0 aromatic carbocycles. The first-order chi connectivity index (χ1) is 9.86. The van der Waals surface area contributed by atoms with Crippen LogP contribution in [0.5, 0.6) is 0 Å². The highest BCUT2D eigenvalue weighted by Crippen LogP contribution is 2.08. The number of rotatable bonds is 11. The summed E-state index contributed by atoms with van der Waals surface area (Å²) in [6, 6.07) is 0. The lowest BCUT2D eigenvalue weighted by Gasteiger charge is -2.27. The average Bonchev–Trinajstić information content (AvgIpc) is 2.50. The number of amides is 1. The van der Waals surface area contributed by atoms with Crippen molar-refractivity contribution in [1.82, 2.24) is 5.32 Å². The molecule has 0 aliphatic rings. The molecule has 10 nitrogen and oxygen atoms in total. The largest absolute Gasteiger partial charge is 0.394 e. The number of hydrogen-bond donors (Lipinski definition) is 8. The Morgan fingerprint density at radius 3 is 2.10 bits per heavy atom. The van der Waals surface area contributed by atoms with Gasteiger partial charge in [0.2, 0.25) is 0 Å². The molecule has 0 fully saturated rings. The van der Waals surface area contributed by atoms with Gasteiger partial charge in [-0.3, -0.25) is 4.79 Å². The Labute approximate surface area is 121 Å². The van der Waals surface area contributed by atoms with Crippen LogP contribution in [0.1, 0.15) is 0 Å². The van der Waals surface area contributed by atoms with E-state index in [1.807, 2.05) is 0 Å². The first-order valence-electron chi connectivity index (χ1n) is 6.34. The molecule has 0 unspecified atom stereocenters. The molecule has 0 aromatic heterocycles. The molecule has 0 rings (SSSR count). The Morgan fingerprint density at radius 2 is 1.57 bits per heavy atom. The van der Waals surface area contributed by atoms with Gasteiger partial charge in [-0.1, -0.05) is 0 Å². The molecule has 5 atom stereocenters. The normalized spacial score (nSPS) is 18.6. The van der Waals surface area contributed by atoms with Crippen LogP contribution in [-0.4, -0.2) is 105 Å². The van der Waals surface area contributed by atoms with Crippen molar-refractivity contribution in [2.24, 2.45) is 0 Å². The second-order valence-corrected chi connectivity index (χ2v) is 4.29. The van der Waals surface area contributed by atoms with E-state index in [0.717, 1.165) is 0 Å². The van der Waals surface area contributed by atoms with Gasteiger partial charge in [-0.05, 0) is 0 Å². The second-order valence-electron chi connectivity index (χ2n) is 4.29. The van der Waals surface area contributed by atoms with Gasteiger partial charge in [0, 0.05) is 6.54 Å². The van der Waals surface area contributed by atoms with E-state index in [0.29, 0.717) is 0 Å². The van der Waals surface area contributed by atoms with Crippen LogP contribution in [0.4, 0.5) is 0 Å². The third-order valence-electron chi connectivity index (χ3n) is 2.65. The van der Waals surface area contributed by atoms with Gasteiger partial charge in [0.25, 0.3) is 5.91 Å². The molecule has 0 bridgehead atoms. The van der Waals surface area contributed by atoms with Crippen LogP contribution in [0.2, 0.25) is 0 Å². The Hall–Kier alpha value is -0.850. The van der Waals surface area contributed by atoms with E-state index in [9.17, 15) is 25.2 Å². The molecular formula is C11H23NO9. The van der Waals surface area contributed by atoms with E-state index in [4.69, 9.17) is 20.1 Å². The number of ether oxygens (including phenoxy) is 1. The summed E-state index contributed by atoms with van der Waals surface area (Å²) in [5.41, 5.74) is 0. The van der Waals surface area contributed by atoms with E-state index >= 15 is 0 Å². The predicted octanol–water partition coefficient (Wildman–Crippen LogP) is -5.09.